The number of nitrogen functional groups attached to an aromatic ring is 1. The Morgan fingerprint density at radius 3 is 2.75 bits per heavy atom. The highest BCUT2D eigenvalue weighted by atomic mass is 16.2. The number of nitrogens with two attached hydrogens (primary N) is 2. The quantitative estimate of drug-likeness (QED) is 0.443. The zero-order valence-corrected chi connectivity index (χ0v) is 9.42. The number of hydrogen-bond acceptors (Lipinski definition) is 3. The lowest BCUT2D eigenvalue weighted by atomic mass is 10.2. The third kappa shape index (κ3) is 4.08. The van der Waals surface area contributed by atoms with E-state index in [9.17, 15) is 4.79 Å². The van der Waals surface area contributed by atoms with Crippen LogP contribution in [0.25, 0.3) is 0 Å². The van der Waals surface area contributed by atoms with Crippen molar-refractivity contribution in [2.24, 2.45) is 5.73 Å². The number of nitrogens with one attached hydrogen (secondary N) is 2. The molecule has 0 bridgehead atoms. The van der Waals surface area contributed by atoms with E-state index in [2.05, 4.69) is 10.6 Å². The van der Waals surface area contributed by atoms with Gasteiger partial charge in [-0.05, 0) is 37.1 Å². The monoisotopic (exact) mass is 222 g/mol. The van der Waals surface area contributed by atoms with Crippen LogP contribution in [0.15, 0.2) is 18.2 Å². The van der Waals surface area contributed by atoms with Crippen molar-refractivity contribution >= 4 is 17.4 Å². The molecule has 0 radical (unpaired) electrons. The van der Waals surface area contributed by atoms with Gasteiger partial charge in [-0.1, -0.05) is 0 Å². The summed E-state index contributed by atoms with van der Waals surface area (Å²) < 4.78 is 0. The van der Waals surface area contributed by atoms with E-state index in [4.69, 9.17) is 11.5 Å². The highest BCUT2D eigenvalue weighted by Gasteiger charge is 1.96. The normalized spacial score (nSPS) is 9.81. The van der Waals surface area contributed by atoms with Gasteiger partial charge in [0.05, 0.1) is 0 Å². The molecule has 88 valence electrons. The Labute approximate surface area is 95.2 Å². The second-order valence-corrected chi connectivity index (χ2v) is 3.64. The standard InChI is InChI=1S/C11H18N4O/c1-8-7-9(3-4-10(8)12)14-5-2-6-15-11(13)16/h3-4,7,14H,2,5-6,12H2,1H3,(H3,13,15,16). The van der Waals surface area contributed by atoms with Crippen molar-refractivity contribution in [2.75, 3.05) is 24.1 Å². The molecule has 0 aromatic heterocycles. The van der Waals surface area contributed by atoms with Gasteiger partial charge in [0.2, 0.25) is 0 Å². The summed E-state index contributed by atoms with van der Waals surface area (Å²) in [7, 11) is 0. The lowest BCUT2D eigenvalue weighted by Crippen LogP contribution is -2.30. The van der Waals surface area contributed by atoms with Crippen LogP contribution >= 0.6 is 0 Å². The molecule has 1 rings (SSSR count). The Morgan fingerprint density at radius 2 is 2.12 bits per heavy atom. The first-order chi connectivity index (χ1) is 7.59. The summed E-state index contributed by atoms with van der Waals surface area (Å²) in [6.45, 7) is 3.33. The van der Waals surface area contributed by atoms with E-state index >= 15 is 0 Å². The highest BCUT2D eigenvalue weighted by molar-refractivity contribution is 5.71. The highest BCUT2D eigenvalue weighted by Crippen LogP contribution is 2.16. The molecule has 0 aliphatic rings. The molecule has 5 nitrogen and oxygen atoms in total. The summed E-state index contributed by atoms with van der Waals surface area (Å²) in [6, 6.07) is 5.32. The number of anilines is 2. The van der Waals surface area contributed by atoms with Gasteiger partial charge in [0.1, 0.15) is 0 Å². The molecule has 0 spiro atoms. The number of benzene rings is 1. The molecule has 0 saturated heterocycles. The molecule has 0 saturated carbocycles. The molecule has 0 heterocycles. The molecule has 0 fully saturated rings. The summed E-state index contributed by atoms with van der Waals surface area (Å²) >= 11 is 0. The second kappa shape index (κ2) is 5.85. The Bertz CT molecular complexity index is 365. The Hall–Kier alpha value is -1.91. The van der Waals surface area contributed by atoms with Crippen LogP contribution in [0.5, 0.6) is 0 Å². The van der Waals surface area contributed by atoms with Gasteiger partial charge in [-0.15, -0.1) is 0 Å². The largest absolute Gasteiger partial charge is 0.399 e. The van der Waals surface area contributed by atoms with E-state index in [0.29, 0.717) is 6.54 Å². The molecule has 0 aliphatic heterocycles. The van der Waals surface area contributed by atoms with Crippen molar-refractivity contribution in [1.82, 2.24) is 5.32 Å². The fourth-order valence-electron chi connectivity index (χ4n) is 1.32. The van der Waals surface area contributed by atoms with E-state index in [-0.39, 0.29) is 0 Å². The first-order valence-corrected chi connectivity index (χ1v) is 5.23. The fraction of sp³-hybridized carbons (Fsp3) is 0.364. The Kier molecular flexibility index (Phi) is 4.44. The number of amides is 2. The van der Waals surface area contributed by atoms with Gasteiger partial charge >= 0.3 is 6.03 Å². The van der Waals surface area contributed by atoms with Crippen LogP contribution in [0.2, 0.25) is 0 Å². The molecular formula is C11H18N4O. The van der Waals surface area contributed by atoms with Crippen LogP contribution in [-0.2, 0) is 0 Å². The molecule has 1 aromatic rings. The average molecular weight is 222 g/mol. The van der Waals surface area contributed by atoms with Crippen LogP contribution < -0.4 is 22.1 Å². The molecule has 0 atom stereocenters. The van der Waals surface area contributed by atoms with Crippen molar-refractivity contribution < 1.29 is 4.79 Å². The lowest BCUT2D eigenvalue weighted by Gasteiger charge is -2.08. The number of carbonyl (C=O) groups is 1. The Balaban J connectivity index is 2.27. The summed E-state index contributed by atoms with van der Waals surface area (Å²) in [4.78, 5) is 10.4. The van der Waals surface area contributed by atoms with Crippen LogP contribution in [0.3, 0.4) is 0 Å². The van der Waals surface area contributed by atoms with E-state index in [1.54, 1.807) is 0 Å². The van der Waals surface area contributed by atoms with E-state index in [1.807, 2.05) is 25.1 Å². The first kappa shape index (κ1) is 12.2. The summed E-state index contributed by atoms with van der Waals surface area (Å²) in [5.41, 5.74) is 13.5. The van der Waals surface area contributed by atoms with Gasteiger partial charge in [0.15, 0.2) is 0 Å². The van der Waals surface area contributed by atoms with Crippen LogP contribution in [0.1, 0.15) is 12.0 Å². The minimum absolute atomic E-state index is 0.483. The molecule has 2 amide bonds. The topological polar surface area (TPSA) is 93.2 Å². The van der Waals surface area contributed by atoms with Crippen molar-refractivity contribution in [3.8, 4) is 0 Å². The zero-order valence-electron chi connectivity index (χ0n) is 9.42. The third-order valence-electron chi connectivity index (χ3n) is 2.25. The van der Waals surface area contributed by atoms with Crippen LogP contribution in [0, 0.1) is 6.92 Å². The van der Waals surface area contributed by atoms with Gasteiger partial charge in [0.25, 0.3) is 0 Å². The SMILES string of the molecule is Cc1cc(NCCCNC(N)=O)ccc1N. The summed E-state index contributed by atoms with van der Waals surface area (Å²) in [6.07, 6.45) is 0.826. The number of carbonyl (C=O) groups excluding carboxylic acids is 1. The molecule has 1 aromatic carbocycles. The van der Waals surface area contributed by atoms with Crippen LogP contribution in [-0.4, -0.2) is 19.1 Å². The molecular weight excluding hydrogens is 204 g/mol. The number of aryl methyl sites for hydroxylation is 1. The summed E-state index contributed by atoms with van der Waals surface area (Å²) in [5, 5.41) is 5.77. The van der Waals surface area contributed by atoms with E-state index in [1.165, 1.54) is 0 Å². The molecule has 6 N–H and O–H groups in total. The number of primary amides is 1. The lowest BCUT2D eigenvalue weighted by molar-refractivity contribution is 0.249. The van der Waals surface area contributed by atoms with E-state index < -0.39 is 6.03 Å². The summed E-state index contributed by atoms with van der Waals surface area (Å²) in [5.74, 6) is 0. The number of rotatable bonds is 5. The van der Waals surface area contributed by atoms with Gasteiger partial charge in [-0.25, -0.2) is 4.79 Å². The number of urea groups is 1. The van der Waals surface area contributed by atoms with Crippen molar-refractivity contribution in [1.29, 1.82) is 0 Å². The smallest absolute Gasteiger partial charge is 0.312 e. The van der Waals surface area contributed by atoms with Crippen molar-refractivity contribution in [3.63, 3.8) is 0 Å². The van der Waals surface area contributed by atoms with Gasteiger partial charge in [-0.2, -0.15) is 0 Å². The van der Waals surface area contributed by atoms with Crippen molar-refractivity contribution in [2.45, 2.75) is 13.3 Å². The maximum atomic E-state index is 10.4. The second-order valence-electron chi connectivity index (χ2n) is 3.64. The van der Waals surface area contributed by atoms with Gasteiger partial charge < -0.3 is 22.1 Å². The Morgan fingerprint density at radius 1 is 1.38 bits per heavy atom. The molecule has 16 heavy (non-hydrogen) atoms. The minimum Gasteiger partial charge on any atom is -0.399 e. The maximum Gasteiger partial charge on any atom is 0.312 e. The molecule has 0 aliphatic carbocycles. The number of hydrogen-bond donors (Lipinski definition) is 4. The zero-order chi connectivity index (χ0) is 12.0. The van der Waals surface area contributed by atoms with Crippen LogP contribution in [0.4, 0.5) is 16.2 Å². The molecule has 0 unspecified atom stereocenters. The minimum atomic E-state index is -0.483. The third-order valence-corrected chi connectivity index (χ3v) is 2.25. The van der Waals surface area contributed by atoms with Crippen molar-refractivity contribution in [3.05, 3.63) is 23.8 Å². The maximum absolute atomic E-state index is 10.4. The van der Waals surface area contributed by atoms with Gasteiger partial charge in [-0.3, -0.25) is 0 Å². The first-order valence-electron chi connectivity index (χ1n) is 5.23. The average Bonchev–Trinajstić information content (AvgIpc) is 2.22. The van der Waals surface area contributed by atoms with E-state index in [0.717, 1.165) is 29.9 Å². The molecule has 5 heteroatoms. The predicted octanol–water partition coefficient (Wildman–Crippen LogP) is 1.05. The van der Waals surface area contributed by atoms with Gasteiger partial charge in [0, 0.05) is 24.5 Å². The predicted molar refractivity (Wildman–Crippen MR) is 66.3 cm³/mol. The fourth-order valence-corrected chi connectivity index (χ4v) is 1.32.